The first-order valence-electron chi connectivity index (χ1n) is 8.75. The summed E-state index contributed by atoms with van der Waals surface area (Å²) in [7, 11) is 0. The van der Waals surface area contributed by atoms with Crippen molar-refractivity contribution in [3.8, 4) is 0 Å². The van der Waals surface area contributed by atoms with Crippen LogP contribution in [0, 0.1) is 13.8 Å². The van der Waals surface area contributed by atoms with Crippen molar-refractivity contribution in [2.45, 2.75) is 26.9 Å². The summed E-state index contributed by atoms with van der Waals surface area (Å²) in [6, 6.07) is 8.10. The van der Waals surface area contributed by atoms with Gasteiger partial charge in [0.1, 0.15) is 0 Å². The van der Waals surface area contributed by atoms with Crippen molar-refractivity contribution in [2.75, 3.05) is 26.2 Å². The molecule has 0 N–H and O–H groups in total. The number of hydrogen-bond acceptors (Lipinski definition) is 6. The summed E-state index contributed by atoms with van der Waals surface area (Å²) in [6.45, 7) is 10.3. The lowest BCUT2D eigenvalue weighted by Crippen LogP contribution is -2.45. The third kappa shape index (κ3) is 3.86. The molecule has 3 heterocycles. The number of benzene rings is 1. The SMILES string of the molecule is Cc1nc(CN2CCN(Cc3nc4ccccc4nc3C)CC2)cs1. The summed E-state index contributed by atoms with van der Waals surface area (Å²) in [5.74, 6) is 0. The molecule has 0 spiro atoms. The fourth-order valence-corrected chi connectivity index (χ4v) is 3.91. The van der Waals surface area contributed by atoms with Gasteiger partial charge in [0.05, 0.1) is 33.1 Å². The van der Waals surface area contributed by atoms with Gasteiger partial charge >= 0.3 is 0 Å². The Labute approximate surface area is 152 Å². The number of rotatable bonds is 4. The zero-order chi connectivity index (χ0) is 17.2. The van der Waals surface area contributed by atoms with Crippen LogP contribution in [0.3, 0.4) is 0 Å². The van der Waals surface area contributed by atoms with E-state index in [1.165, 1.54) is 5.69 Å². The van der Waals surface area contributed by atoms with Crippen LogP contribution in [0.4, 0.5) is 0 Å². The number of aryl methyl sites for hydroxylation is 2. The molecule has 0 bridgehead atoms. The summed E-state index contributed by atoms with van der Waals surface area (Å²) in [4.78, 5) is 19.1. The Balaban J connectivity index is 1.37. The molecule has 25 heavy (non-hydrogen) atoms. The molecule has 130 valence electrons. The summed E-state index contributed by atoms with van der Waals surface area (Å²) in [6.07, 6.45) is 0. The lowest BCUT2D eigenvalue weighted by Gasteiger charge is -2.34. The first-order valence-corrected chi connectivity index (χ1v) is 9.63. The normalized spacial score (nSPS) is 16.6. The molecule has 0 saturated carbocycles. The Morgan fingerprint density at radius 1 is 0.880 bits per heavy atom. The van der Waals surface area contributed by atoms with Gasteiger partial charge in [-0.15, -0.1) is 11.3 Å². The smallest absolute Gasteiger partial charge is 0.0897 e. The van der Waals surface area contributed by atoms with E-state index >= 15 is 0 Å². The minimum absolute atomic E-state index is 0.882. The van der Waals surface area contributed by atoms with E-state index in [0.29, 0.717) is 0 Å². The summed E-state index contributed by atoms with van der Waals surface area (Å²) in [5.41, 5.74) is 5.31. The first-order chi connectivity index (χ1) is 12.2. The molecule has 1 aliphatic heterocycles. The second-order valence-electron chi connectivity index (χ2n) is 6.65. The van der Waals surface area contributed by atoms with Crippen LogP contribution in [-0.2, 0) is 13.1 Å². The van der Waals surface area contributed by atoms with E-state index in [1.807, 2.05) is 24.3 Å². The highest BCUT2D eigenvalue weighted by atomic mass is 32.1. The summed E-state index contributed by atoms with van der Waals surface area (Å²) >= 11 is 1.73. The van der Waals surface area contributed by atoms with E-state index in [1.54, 1.807) is 11.3 Å². The molecular weight excluding hydrogens is 330 g/mol. The van der Waals surface area contributed by atoms with Crippen LogP contribution in [0.5, 0.6) is 0 Å². The zero-order valence-corrected chi connectivity index (χ0v) is 15.6. The van der Waals surface area contributed by atoms with E-state index < -0.39 is 0 Å². The van der Waals surface area contributed by atoms with Crippen molar-refractivity contribution in [1.82, 2.24) is 24.8 Å². The topological polar surface area (TPSA) is 45.2 Å². The van der Waals surface area contributed by atoms with Crippen molar-refractivity contribution in [3.63, 3.8) is 0 Å². The maximum Gasteiger partial charge on any atom is 0.0897 e. The molecule has 5 nitrogen and oxygen atoms in total. The van der Waals surface area contributed by atoms with Crippen molar-refractivity contribution in [2.24, 2.45) is 0 Å². The van der Waals surface area contributed by atoms with Crippen LogP contribution in [-0.4, -0.2) is 50.9 Å². The second-order valence-corrected chi connectivity index (χ2v) is 7.72. The Morgan fingerprint density at radius 3 is 2.16 bits per heavy atom. The lowest BCUT2D eigenvalue weighted by atomic mass is 10.2. The standard InChI is InChI=1S/C19H23N5S/c1-14-19(22-18-6-4-3-5-17(18)20-14)12-24-9-7-23(8-10-24)11-16-13-25-15(2)21-16/h3-6,13H,7-12H2,1-2H3. The molecule has 0 radical (unpaired) electrons. The van der Waals surface area contributed by atoms with Crippen molar-refractivity contribution in [1.29, 1.82) is 0 Å². The van der Waals surface area contributed by atoms with Gasteiger partial charge in [-0.25, -0.2) is 15.0 Å². The quantitative estimate of drug-likeness (QED) is 0.721. The molecule has 4 rings (SSSR count). The fraction of sp³-hybridized carbons (Fsp3) is 0.421. The Bertz CT molecular complexity index is 867. The van der Waals surface area contributed by atoms with Crippen LogP contribution in [0.15, 0.2) is 29.6 Å². The third-order valence-corrected chi connectivity index (χ3v) is 5.56. The maximum atomic E-state index is 4.83. The number of hydrogen-bond donors (Lipinski definition) is 0. The Morgan fingerprint density at radius 2 is 1.52 bits per heavy atom. The summed E-state index contributed by atoms with van der Waals surface area (Å²) in [5, 5.41) is 3.33. The van der Waals surface area contributed by atoms with E-state index in [4.69, 9.17) is 9.97 Å². The minimum atomic E-state index is 0.882. The molecule has 1 aliphatic rings. The highest BCUT2D eigenvalue weighted by Crippen LogP contribution is 2.16. The molecule has 1 aromatic carbocycles. The van der Waals surface area contributed by atoms with Gasteiger partial charge in [0.15, 0.2) is 0 Å². The largest absolute Gasteiger partial charge is 0.295 e. The van der Waals surface area contributed by atoms with E-state index in [2.05, 4.69) is 34.0 Å². The molecule has 0 aliphatic carbocycles. The molecule has 0 amide bonds. The van der Waals surface area contributed by atoms with Crippen LogP contribution in [0.1, 0.15) is 22.1 Å². The maximum absolute atomic E-state index is 4.83. The van der Waals surface area contributed by atoms with Crippen LogP contribution in [0.25, 0.3) is 11.0 Å². The number of piperazine rings is 1. The van der Waals surface area contributed by atoms with Crippen molar-refractivity contribution in [3.05, 3.63) is 51.7 Å². The van der Waals surface area contributed by atoms with E-state index in [9.17, 15) is 0 Å². The predicted molar refractivity (Wildman–Crippen MR) is 102 cm³/mol. The van der Waals surface area contributed by atoms with Gasteiger partial charge in [-0.2, -0.15) is 0 Å². The zero-order valence-electron chi connectivity index (χ0n) is 14.8. The summed E-state index contributed by atoms with van der Waals surface area (Å²) < 4.78 is 0. The molecule has 2 aromatic heterocycles. The van der Waals surface area contributed by atoms with Gasteiger partial charge < -0.3 is 0 Å². The third-order valence-electron chi connectivity index (χ3n) is 4.73. The predicted octanol–water partition coefficient (Wildman–Crippen LogP) is 3.02. The molecule has 3 aromatic rings. The van der Waals surface area contributed by atoms with Gasteiger partial charge in [0.2, 0.25) is 0 Å². The van der Waals surface area contributed by atoms with Gasteiger partial charge in [-0.05, 0) is 26.0 Å². The molecule has 1 fully saturated rings. The van der Waals surface area contributed by atoms with Crippen LogP contribution >= 0.6 is 11.3 Å². The monoisotopic (exact) mass is 353 g/mol. The average molecular weight is 353 g/mol. The van der Waals surface area contributed by atoms with Gasteiger partial charge in [-0.1, -0.05) is 12.1 Å². The molecule has 1 saturated heterocycles. The van der Waals surface area contributed by atoms with Crippen LogP contribution < -0.4 is 0 Å². The lowest BCUT2D eigenvalue weighted by molar-refractivity contribution is 0.120. The number of thiazole rings is 1. The van der Waals surface area contributed by atoms with Crippen LogP contribution in [0.2, 0.25) is 0 Å². The Hall–Kier alpha value is -1.89. The fourth-order valence-electron chi connectivity index (χ4n) is 3.30. The van der Waals surface area contributed by atoms with Gasteiger partial charge in [0.25, 0.3) is 0 Å². The van der Waals surface area contributed by atoms with E-state index in [0.717, 1.165) is 66.7 Å². The van der Waals surface area contributed by atoms with E-state index in [-0.39, 0.29) is 0 Å². The number of aromatic nitrogens is 3. The molecule has 6 heteroatoms. The van der Waals surface area contributed by atoms with Gasteiger partial charge in [-0.3, -0.25) is 9.80 Å². The van der Waals surface area contributed by atoms with Gasteiger partial charge in [0, 0.05) is 44.6 Å². The molecule has 0 unspecified atom stereocenters. The van der Waals surface area contributed by atoms with Crippen molar-refractivity contribution < 1.29 is 0 Å². The Kier molecular flexibility index (Phi) is 4.74. The van der Waals surface area contributed by atoms with Crippen molar-refractivity contribution >= 4 is 22.4 Å². The molecular formula is C19H23N5S. The number of fused-ring (bicyclic) bond motifs is 1. The highest BCUT2D eigenvalue weighted by molar-refractivity contribution is 7.09. The highest BCUT2D eigenvalue weighted by Gasteiger charge is 2.19. The first kappa shape index (κ1) is 16.6. The number of para-hydroxylation sites is 2. The minimum Gasteiger partial charge on any atom is -0.295 e. The second kappa shape index (κ2) is 7.15. The number of nitrogens with zero attached hydrogens (tertiary/aromatic N) is 5. The molecule has 0 atom stereocenters. The average Bonchev–Trinajstić information content (AvgIpc) is 3.02.